The van der Waals surface area contributed by atoms with Crippen LogP contribution in [0.15, 0.2) is 33.9 Å². The molecule has 0 unspecified atom stereocenters. The average molecular weight is 330 g/mol. The smallest absolute Gasteiger partial charge is 0.330 e. The first kappa shape index (κ1) is 16.3. The van der Waals surface area contributed by atoms with Crippen molar-refractivity contribution >= 4 is 5.82 Å². The van der Waals surface area contributed by atoms with Crippen molar-refractivity contribution in [3.8, 4) is 5.75 Å². The van der Waals surface area contributed by atoms with Gasteiger partial charge in [-0.15, -0.1) is 0 Å². The van der Waals surface area contributed by atoms with E-state index in [0.29, 0.717) is 31.1 Å². The van der Waals surface area contributed by atoms with Crippen LogP contribution in [0.2, 0.25) is 0 Å². The van der Waals surface area contributed by atoms with Gasteiger partial charge < -0.3 is 10.1 Å². The molecule has 2 N–H and O–H groups in total. The zero-order valence-corrected chi connectivity index (χ0v) is 14.0. The number of fused-ring (bicyclic) bond motifs is 1. The van der Waals surface area contributed by atoms with Crippen LogP contribution >= 0.6 is 0 Å². The van der Waals surface area contributed by atoms with Crippen molar-refractivity contribution in [2.24, 2.45) is 0 Å². The molecule has 128 valence electrons. The van der Waals surface area contributed by atoms with Crippen LogP contribution in [0.4, 0.5) is 5.82 Å². The van der Waals surface area contributed by atoms with Gasteiger partial charge in [0.2, 0.25) is 0 Å². The number of nitrogens with one attached hydrogen (secondary N) is 2. The van der Waals surface area contributed by atoms with Crippen LogP contribution in [-0.2, 0) is 13.1 Å². The molecule has 1 aromatic heterocycles. The lowest BCUT2D eigenvalue weighted by atomic mass is 10.2. The fourth-order valence-corrected chi connectivity index (χ4v) is 2.97. The van der Waals surface area contributed by atoms with Gasteiger partial charge in [-0.3, -0.25) is 19.2 Å². The molecule has 0 fully saturated rings. The van der Waals surface area contributed by atoms with Gasteiger partial charge in [0.15, 0.2) is 0 Å². The van der Waals surface area contributed by atoms with Crippen molar-refractivity contribution in [1.29, 1.82) is 0 Å². The molecule has 0 bridgehead atoms. The number of aromatic amines is 1. The second kappa shape index (κ2) is 6.92. The van der Waals surface area contributed by atoms with E-state index < -0.39 is 5.69 Å². The van der Waals surface area contributed by atoms with Crippen LogP contribution in [-0.4, -0.2) is 34.8 Å². The third-order valence-corrected chi connectivity index (χ3v) is 4.19. The first-order valence-electron chi connectivity index (χ1n) is 8.07. The quantitative estimate of drug-likeness (QED) is 0.861. The lowest BCUT2D eigenvalue weighted by Gasteiger charge is -2.30. The summed E-state index contributed by atoms with van der Waals surface area (Å²) in [6, 6.07) is 7.54. The van der Waals surface area contributed by atoms with E-state index in [0.717, 1.165) is 24.3 Å². The van der Waals surface area contributed by atoms with Crippen LogP contribution in [0, 0.1) is 0 Å². The summed E-state index contributed by atoms with van der Waals surface area (Å²) in [6.45, 7) is 4.58. The van der Waals surface area contributed by atoms with E-state index >= 15 is 0 Å². The third kappa shape index (κ3) is 3.21. The van der Waals surface area contributed by atoms with Crippen molar-refractivity contribution in [2.45, 2.75) is 26.4 Å². The summed E-state index contributed by atoms with van der Waals surface area (Å²) in [4.78, 5) is 29.0. The van der Waals surface area contributed by atoms with Gasteiger partial charge in [0.1, 0.15) is 11.6 Å². The minimum absolute atomic E-state index is 0.311. The first-order valence-corrected chi connectivity index (χ1v) is 8.07. The van der Waals surface area contributed by atoms with E-state index in [1.165, 1.54) is 0 Å². The Labute approximate surface area is 139 Å². The summed E-state index contributed by atoms with van der Waals surface area (Å²) >= 11 is 0. The van der Waals surface area contributed by atoms with Crippen LogP contribution in [0.5, 0.6) is 5.75 Å². The number of benzene rings is 1. The fraction of sp³-hybridized carbons (Fsp3) is 0.412. The van der Waals surface area contributed by atoms with E-state index in [4.69, 9.17) is 4.74 Å². The summed E-state index contributed by atoms with van der Waals surface area (Å²) in [5, 5.41) is 3.23. The average Bonchev–Trinajstić information content (AvgIpc) is 2.59. The third-order valence-electron chi connectivity index (χ3n) is 4.19. The molecule has 0 atom stereocenters. The molecular weight excluding hydrogens is 308 g/mol. The summed E-state index contributed by atoms with van der Waals surface area (Å²) in [6.07, 6.45) is 1.01. The van der Waals surface area contributed by atoms with E-state index in [1.807, 2.05) is 24.3 Å². The van der Waals surface area contributed by atoms with Crippen molar-refractivity contribution in [3.63, 3.8) is 0 Å². The summed E-state index contributed by atoms with van der Waals surface area (Å²) < 4.78 is 6.74. The molecule has 7 heteroatoms. The number of hydrogen-bond donors (Lipinski definition) is 2. The maximum Gasteiger partial charge on any atom is 0.330 e. The highest BCUT2D eigenvalue weighted by Crippen LogP contribution is 2.19. The van der Waals surface area contributed by atoms with Crippen LogP contribution < -0.4 is 21.3 Å². The minimum Gasteiger partial charge on any atom is -0.497 e. The van der Waals surface area contributed by atoms with E-state index in [9.17, 15) is 9.59 Å². The lowest BCUT2D eigenvalue weighted by Crippen LogP contribution is -2.43. The number of anilines is 1. The molecular formula is C17H22N4O3. The van der Waals surface area contributed by atoms with Crippen molar-refractivity contribution < 1.29 is 4.74 Å². The van der Waals surface area contributed by atoms with Gasteiger partial charge in [-0.1, -0.05) is 19.1 Å². The van der Waals surface area contributed by atoms with Gasteiger partial charge >= 0.3 is 5.69 Å². The first-order chi connectivity index (χ1) is 11.6. The molecule has 0 aliphatic carbocycles. The normalized spacial score (nSPS) is 14.1. The molecule has 2 aromatic rings. The predicted octanol–water partition coefficient (Wildman–Crippen LogP) is 1.19. The molecule has 0 saturated carbocycles. The molecule has 3 rings (SSSR count). The second-order valence-electron chi connectivity index (χ2n) is 5.91. The minimum atomic E-state index is -0.397. The van der Waals surface area contributed by atoms with E-state index in [1.54, 1.807) is 11.7 Å². The number of nitrogens with zero attached hydrogens (tertiary/aromatic N) is 2. The van der Waals surface area contributed by atoms with E-state index in [-0.39, 0.29) is 5.56 Å². The number of rotatable bonds is 5. The van der Waals surface area contributed by atoms with Crippen molar-refractivity contribution in [1.82, 2.24) is 14.5 Å². The molecule has 1 aromatic carbocycles. The fourth-order valence-electron chi connectivity index (χ4n) is 2.97. The zero-order chi connectivity index (χ0) is 17.1. The van der Waals surface area contributed by atoms with Gasteiger partial charge in [0.25, 0.3) is 5.56 Å². The van der Waals surface area contributed by atoms with E-state index in [2.05, 4.69) is 22.1 Å². The van der Waals surface area contributed by atoms with Gasteiger partial charge in [-0.25, -0.2) is 4.79 Å². The van der Waals surface area contributed by atoms with Gasteiger partial charge in [0.05, 0.1) is 25.9 Å². The monoisotopic (exact) mass is 330 g/mol. The SMILES string of the molecule is CCCN1CNc2c(c(=O)[nH]c(=O)n2Cc2ccc(OC)cc2)C1. The Morgan fingerprint density at radius 1 is 1.21 bits per heavy atom. The van der Waals surface area contributed by atoms with Crippen LogP contribution in [0.3, 0.4) is 0 Å². The van der Waals surface area contributed by atoms with Gasteiger partial charge in [-0.05, 0) is 30.7 Å². The van der Waals surface area contributed by atoms with Gasteiger partial charge in [0, 0.05) is 6.54 Å². The van der Waals surface area contributed by atoms with Crippen LogP contribution in [0.25, 0.3) is 0 Å². The highest BCUT2D eigenvalue weighted by molar-refractivity contribution is 5.46. The number of aromatic nitrogens is 2. The second-order valence-corrected chi connectivity index (χ2v) is 5.91. The maximum absolute atomic E-state index is 12.3. The summed E-state index contributed by atoms with van der Waals surface area (Å²) in [5.74, 6) is 1.38. The standard InChI is InChI=1S/C17H22N4O3/c1-3-8-20-10-14-15(18-11-20)21(17(23)19-16(14)22)9-12-4-6-13(24-2)7-5-12/h4-7,18H,3,8-11H2,1-2H3,(H,19,22,23). The molecule has 1 aliphatic heterocycles. The zero-order valence-electron chi connectivity index (χ0n) is 14.0. The van der Waals surface area contributed by atoms with Gasteiger partial charge in [-0.2, -0.15) is 0 Å². The Hall–Kier alpha value is -2.54. The topological polar surface area (TPSA) is 79.4 Å². The predicted molar refractivity (Wildman–Crippen MR) is 92.6 cm³/mol. The number of H-pyrrole nitrogens is 1. The summed E-state index contributed by atoms with van der Waals surface area (Å²) in [5.41, 5.74) is 0.869. The number of ether oxygens (including phenoxy) is 1. The molecule has 0 amide bonds. The largest absolute Gasteiger partial charge is 0.497 e. The van der Waals surface area contributed by atoms with Crippen LogP contribution in [0.1, 0.15) is 24.5 Å². The Morgan fingerprint density at radius 2 is 1.96 bits per heavy atom. The highest BCUT2D eigenvalue weighted by Gasteiger charge is 2.22. The Kier molecular flexibility index (Phi) is 4.71. The van der Waals surface area contributed by atoms with Crippen molar-refractivity contribution in [3.05, 3.63) is 56.2 Å². The summed E-state index contributed by atoms with van der Waals surface area (Å²) in [7, 11) is 1.61. The van der Waals surface area contributed by atoms with Crippen molar-refractivity contribution in [2.75, 3.05) is 25.6 Å². The number of hydrogen-bond acceptors (Lipinski definition) is 5. The maximum atomic E-state index is 12.3. The molecule has 0 saturated heterocycles. The Bertz CT molecular complexity index is 823. The molecule has 0 spiro atoms. The molecule has 24 heavy (non-hydrogen) atoms. The molecule has 7 nitrogen and oxygen atoms in total. The lowest BCUT2D eigenvalue weighted by molar-refractivity contribution is 0.272. The Balaban J connectivity index is 1.95. The Morgan fingerprint density at radius 3 is 2.62 bits per heavy atom. The number of methoxy groups -OCH3 is 1. The molecule has 1 aliphatic rings. The highest BCUT2D eigenvalue weighted by atomic mass is 16.5. The molecule has 2 heterocycles. The molecule has 0 radical (unpaired) electrons.